The number of hydrogen-bond acceptors (Lipinski definition) is 4. The van der Waals surface area contributed by atoms with E-state index in [1.807, 2.05) is 35.8 Å². The minimum absolute atomic E-state index is 0.119. The summed E-state index contributed by atoms with van der Waals surface area (Å²) >= 11 is 0. The number of para-hydroxylation sites is 3. The van der Waals surface area contributed by atoms with E-state index < -0.39 is 0 Å². The molecule has 6 heteroatoms. The number of hydrogen-bond donors (Lipinski definition) is 2. The fourth-order valence-electron chi connectivity index (χ4n) is 2.41. The van der Waals surface area contributed by atoms with E-state index in [4.69, 9.17) is 0 Å². The smallest absolute Gasteiger partial charge is 0.244 e. The number of imidazole rings is 1. The number of nitrogens with zero attached hydrogens (tertiary/aromatic N) is 3. The van der Waals surface area contributed by atoms with Crippen LogP contribution in [0.25, 0.3) is 11.0 Å². The van der Waals surface area contributed by atoms with Crippen LogP contribution in [0.2, 0.25) is 0 Å². The van der Waals surface area contributed by atoms with Gasteiger partial charge in [0, 0.05) is 12.1 Å². The van der Waals surface area contributed by atoms with Gasteiger partial charge in [0.2, 0.25) is 5.91 Å². The highest BCUT2D eigenvalue weighted by molar-refractivity contribution is 5.85. The Labute approximate surface area is 139 Å². The molecule has 1 unspecified atom stereocenters. The van der Waals surface area contributed by atoms with Gasteiger partial charge in [0.25, 0.3) is 0 Å². The number of aromatic hydroxyl groups is 1. The van der Waals surface area contributed by atoms with Crippen molar-refractivity contribution >= 4 is 23.2 Å². The van der Waals surface area contributed by atoms with E-state index in [1.165, 1.54) is 6.21 Å². The van der Waals surface area contributed by atoms with Crippen LogP contribution in [-0.4, -0.2) is 26.8 Å². The van der Waals surface area contributed by atoms with Gasteiger partial charge in [-0.3, -0.25) is 4.79 Å². The van der Waals surface area contributed by atoms with Crippen LogP contribution in [0.15, 0.2) is 60.0 Å². The number of rotatable bonds is 5. The van der Waals surface area contributed by atoms with Crippen LogP contribution in [-0.2, 0) is 11.3 Å². The van der Waals surface area contributed by atoms with Gasteiger partial charge in [-0.1, -0.05) is 31.2 Å². The molecule has 1 aromatic heterocycles. The van der Waals surface area contributed by atoms with Crippen molar-refractivity contribution in [1.82, 2.24) is 15.0 Å². The SMILES string of the molecule is CC(Cn1cnc2ccccc21)C(=O)N/N=C/c1ccccc1O. The summed E-state index contributed by atoms with van der Waals surface area (Å²) in [5.74, 6) is -0.350. The predicted molar refractivity (Wildman–Crippen MR) is 92.7 cm³/mol. The van der Waals surface area contributed by atoms with Crippen LogP contribution in [0, 0.1) is 5.92 Å². The number of carbonyl (C=O) groups is 1. The molecule has 0 saturated heterocycles. The van der Waals surface area contributed by atoms with Gasteiger partial charge in [-0.15, -0.1) is 0 Å². The van der Waals surface area contributed by atoms with Gasteiger partial charge in [-0.05, 0) is 24.3 Å². The lowest BCUT2D eigenvalue weighted by molar-refractivity contribution is -0.124. The summed E-state index contributed by atoms with van der Waals surface area (Å²) in [6.07, 6.45) is 3.16. The van der Waals surface area contributed by atoms with E-state index in [2.05, 4.69) is 15.5 Å². The molecule has 2 N–H and O–H groups in total. The highest BCUT2D eigenvalue weighted by Gasteiger charge is 2.14. The molecular weight excluding hydrogens is 304 g/mol. The number of aromatic nitrogens is 2. The summed E-state index contributed by atoms with van der Waals surface area (Å²) in [4.78, 5) is 16.5. The number of carbonyl (C=O) groups excluding carboxylic acids is 1. The first kappa shape index (κ1) is 15.7. The van der Waals surface area contributed by atoms with Crippen molar-refractivity contribution in [3.8, 4) is 5.75 Å². The van der Waals surface area contributed by atoms with E-state index in [1.54, 1.807) is 30.6 Å². The van der Waals surface area contributed by atoms with Crippen molar-refractivity contribution in [2.24, 2.45) is 11.0 Å². The summed E-state index contributed by atoms with van der Waals surface area (Å²) in [7, 11) is 0. The Bertz CT molecular complexity index is 885. The Kier molecular flexibility index (Phi) is 4.56. The summed E-state index contributed by atoms with van der Waals surface area (Å²) in [5.41, 5.74) is 4.95. The molecule has 1 heterocycles. The molecule has 0 fully saturated rings. The molecule has 0 saturated carbocycles. The third-order valence-corrected chi connectivity index (χ3v) is 3.76. The standard InChI is InChI=1S/C18H18N4O2/c1-13(11-22-12-19-15-7-3-4-8-16(15)22)18(24)21-20-10-14-6-2-5-9-17(14)23/h2-10,12-13,23H,11H2,1H3,(H,21,24)/b20-10+. The number of hydrazone groups is 1. The molecule has 2 aromatic carbocycles. The van der Waals surface area contributed by atoms with E-state index in [0.29, 0.717) is 12.1 Å². The fraction of sp³-hybridized carbons (Fsp3) is 0.167. The number of nitrogens with one attached hydrogen (secondary N) is 1. The Morgan fingerprint density at radius 2 is 2.04 bits per heavy atom. The number of fused-ring (bicyclic) bond motifs is 1. The van der Waals surface area contributed by atoms with Gasteiger partial charge < -0.3 is 9.67 Å². The third-order valence-electron chi connectivity index (χ3n) is 3.76. The molecule has 3 rings (SSSR count). The maximum atomic E-state index is 12.2. The molecule has 0 aliphatic heterocycles. The van der Waals surface area contributed by atoms with Gasteiger partial charge in [-0.2, -0.15) is 5.10 Å². The highest BCUT2D eigenvalue weighted by atomic mass is 16.3. The van der Waals surface area contributed by atoms with E-state index in [-0.39, 0.29) is 17.6 Å². The Hall–Kier alpha value is -3.15. The zero-order valence-electron chi connectivity index (χ0n) is 13.3. The lowest BCUT2D eigenvalue weighted by Gasteiger charge is -2.11. The number of phenolic OH excluding ortho intramolecular Hbond substituents is 1. The molecule has 0 radical (unpaired) electrons. The lowest BCUT2D eigenvalue weighted by atomic mass is 10.1. The maximum absolute atomic E-state index is 12.2. The molecule has 0 spiro atoms. The highest BCUT2D eigenvalue weighted by Crippen LogP contribution is 2.14. The zero-order valence-corrected chi connectivity index (χ0v) is 13.3. The lowest BCUT2D eigenvalue weighted by Crippen LogP contribution is -2.27. The minimum Gasteiger partial charge on any atom is -0.507 e. The normalized spacial score (nSPS) is 12.5. The predicted octanol–water partition coefficient (Wildman–Crippen LogP) is 2.53. The average Bonchev–Trinajstić information content (AvgIpc) is 2.99. The second-order valence-corrected chi connectivity index (χ2v) is 5.58. The van der Waals surface area contributed by atoms with Crippen LogP contribution in [0.1, 0.15) is 12.5 Å². The average molecular weight is 322 g/mol. The van der Waals surface area contributed by atoms with Crippen molar-refractivity contribution in [2.75, 3.05) is 0 Å². The van der Waals surface area contributed by atoms with Crippen LogP contribution >= 0.6 is 0 Å². The van der Waals surface area contributed by atoms with Crippen molar-refractivity contribution in [2.45, 2.75) is 13.5 Å². The monoisotopic (exact) mass is 322 g/mol. The van der Waals surface area contributed by atoms with Gasteiger partial charge in [0.1, 0.15) is 5.75 Å². The second kappa shape index (κ2) is 6.95. The van der Waals surface area contributed by atoms with Crippen molar-refractivity contribution in [3.63, 3.8) is 0 Å². The number of benzene rings is 2. The summed E-state index contributed by atoms with van der Waals surface area (Å²) in [5, 5.41) is 13.5. The van der Waals surface area contributed by atoms with Gasteiger partial charge in [-0.25, -0.2) is 10.4 Å². The van der Waals surface area contributed by atoms with Crippen molar-refractivity contribution < 1.29 is 9.90 Å². The molecule has 0 aliphatic carbocycles. The van der Waals surface area contributed by atoms with Crippen molar-refractivity contribution in [1.29, 1.82) is 0 Å². The van der Waals surface area contributed by atoms with E-state index in [9.17, 15) is 9.90 Å². The Morgan fingerprint density at radius 1 is 1.29 bits per heavy atom. The Morgan fingerprint density at radius 3 is 2.88 bits per heavy atom. The third kappa shape index (κ3) is 3.43. The zero-order chi connectivity index (χ0) is 16.9. The topological polar surface area (TPSA) is 79.5 Å². The van der Waals surface area contributed by atoms with E-state index >= 15 is 0 Å². The molecule has 1 amide bonds. The number of phenols is 1. The maximum Gasteiger partial charge on any atom is 0.244 e. The summed E-state index contributed by atoms with van der Waals surface area (Å²) in [6.45, 7) is 2.35. The molecule has 0 bridgehead atoms. The number of amides is 1. The quantitative estimate of drug-likeness (QED) is 0.559. The van der Waals surface area contributed by atoms with Crippen molar-refractivity contribution in [3.05, 3.63) is 60.4 Å². The second-order valence-electron chi connectivity index (χ2n) is 5.58. The molecule has 122 valence electrons. The first-order chi connectivity index (χ1) is 11.6. The van der Waals surface area contributed by atoms with Gasteiger partial charge in [0.15, 0.2) is 0 Å². The van der Waals surface area contributed by atoms with E-state index in [0.717, 1.165) is 11.0 Å². The van der Waals surface area contributed by atoms with Gasteiger partial charge in [0.05, 0.1) is 29.5 Å². The van der Waals surface area contributed by atoms with Crippen LogP contribution in [0.3, 0.4) is 0 Å². The Balaban J connectivity index is 1.62. The molecule has 6 nitrogen and oxygen atoms in total. The first-order valence-corrected chi connectivity index (χ1v) is 7.66. The minimum atomic E-state index is -0.274. The fourth-order valence-corrected chi connectivity index (χ4v) is 2.41. The van der Waals surface area contributed by atoms with Crippen LogP contribution < -0.4 is 5.43 Å². The summed E-state index contributed by atoms with van der Waals surface area (Å²) < 4.78 is 1.95. The molecule has 1 atom stereocenters. The van der Waals surface area contributed by atoms with Crippen LogP contribution in [0.5, 0.6) is 5.75 Å². The first-order valence-electron chi connectivity index (χ1n) is 7.66. The van der Waals surface area contributed by atoms with Gasteiger partial charge >= 0.3 is 0 Å². The molecule has 0 aliphatic rings. The molecule has 24 heavy (non-hydrogen) atoms. The summed E-state index contributed by atoms with van der Waals surface area (Å²) in [6, 6.07) is 14.6. The van der Waals surface area contributed by atoms with Crippen LogP contribution in [0.4, 0.5) is 0 Å². The molecular formula is C18H18N4O2. The molecule has 3 aromatic rings. The largest absolute Gasteiger partial charge is 0.507 e.